The number of carbonyl (C=O) groups is 1. The molecule has 1 heterocycles. The molecule has 0 aromatic heterocycles. The lowest BCUT2D eigenvalue weighted by Gasteiger charge is -2.37. The summed E-state index contributed by atoms with van der Waals surface area (Å²) in [6.45, 7) is 0.787. The molecule has 1 saturated heterocycles. The summed E-state index contributed by atoms with van der Waals surface area (Å²) < 4.78 is 19.7. The van der Waals surface area contributed by atoms with Crippen LogP contribution in [0.15, 0.2) is 30.4 Å². The van der Waals surface area contributed by atoms with E-state index in [1.54, 1.807) is 20.3 Å². The molecule has 0 unspecified atom stereocenters. The number of allylic oxidation sites excluding steroid dienone is 1. The van der Waals surface area contributed by atoms with Gasteiger partial charge >= 0.3 is 0 Å². The summed E-state index contributed by atoms with van der Waals surface area (Å²) >= 11 is 0. The van der Waals surface area contributed by atoms with E-state index < -0.39 is 11.4 Å². The zero-order valence-corrected chi connectivity index (χ0v) is 12.7. The van der Waals surface area contributed by atoms with Gasteiger partial charge in [-0.3, -0.25) is 4.79 Å². The summed E-state index contributed by atoms with van der Waals surface area (Å²) in [5.74, 6) is 1.33. The number of carbonyl (C=O) groups excluding carboxylic acids is 1. The van der Waals surface area contributed by atoms with E-state index >= 15 is 0 Å². The molecule has 1 aromatic rings. The highest BCUT2D eigenvalue weighted by Gasteiger charge is 2.48. The van der Waals surface area contributed by atoms with Crippen molar-refractivity contribution >= 4 is 5.78 Å². The van der Waals surface area contributed by atoms with Crippen LogP contribution in [-0.2, 0) is 10.2 Å². The molecule has 0 bridgehead atoms. The monoisotopic (exact) mass is 288 g/mol. The fraction of sp³-hybridized carbons (Fsp3) is 0.471. The number of benzene rings is 1. The summed E-state index contributed by atoms with van der Waals surface area (Å²) in [6.07, 6.45) is 4.57. The third-order valence-electron chi connectivity index (χ3n) is 4.61. The van der Waals surface area contributed by atoms with Gasteiger partial charge in [0, 0.05) is 19.2 Å². The minimum atomic E-state index is -0.946. The summed E-state index contributed by atoms with van der Waals surface area (Å²) in [7, 11) is 5.13. The lowest BCUT2D eigenvalue weighted by Crippen LogP contribution is -2.43. The zero-order chi connectivity index (χ0) is 16.0. The van der Waals surface area contributed by atoms with E-state index in [1.807, 2.05) is 36.2 Å². The van der Waals surface area contributed by atoms with Crippen LogP contribution in [0.25, 0.3) is 0 Å². The van der Waals surface area contributed by atoms with Crippen molar-refractivity contribution in [3.05, 3.63) is 35.9 Å². The first-order valence-corrected chi connectivity index (χ1v) is 7.13. The third kappa shape index (κ3) is 2.14. The Hall–Kier alpha value is -1.81. The number of rotatable bonds is 3. The van der Waals surface area contributed by atoms with E-state index in [1.165, 1.54) is 0 Å². The number of ketones is 1. The fourth-order valence-corrected chi connectivity index (χ4v) is 3.42. The quantitative estimate of drug-likeness (QED) is 0.854. The van der Waals surface area contributed by atoms with Crippen LogP contribution in [0.2, 0.25) is 0 Å². The molecule has 21 heavy (non-hydrogen) atoms. The zero-order valence-electron chi connectivity index (χ0n) is 13.7. The molecule has 0 radical (unpaired) electrons. The fourth-order valence-electron chi connectivity index (χ4n) is 3.42. The molecule has 0 amide bonds. The van der Waals surface area contributed by atoms with Crippen molar-refractivity contribution in [2.75, 3.05) is 27.8 Å². The van der Waals surface area contributed by atoms with Gasteiger partial charge in [-0.15, -0.1) is 0 Å². The van der Waals surface area contributed by atoms with E-state index in [4.69, 9.17) is 10.8 Å². The summed E-state index contributed by atoms with van der Waals surface area (Å²) in [5.41, 5.74) is 0.503. The Labute approximate surface area is 126 Å². The number of nitrogens with zero attached hydrogens (tertiary/aromatic N) is 1. The first-order valence-electron chi connectivity index (χ1n) is 7.63. The minimum absolute atomic E-state index is 0.0138. The van der Waals surface area contributed by atoms with E-state index in [0.29, 0.717) is 11.5 Å². The Bertz CT molecular complexity index is 645. The number of methoxy groups -OCH3 is 2. The maximum Gasteiger partial charge on any atom is 0.161 e. The Balaban J connectivity index is 2.16. The van der Waals surface area contributed by atoms with Gasteiger partial charge < -0.3 is 14.4 Å². The normalized spacial score (nSPS) is 32.7. The van der Waals surface area contributed by atoms with Crippen LogP contribution in [0.3, 0.4) is 0 Å². The number of hydrogen-bond donors (Lipinski definition) is 0. The standard InChI is InChI=1S/C17H21NO3/c1-18-9-8-17(7-6-13(19)11-16(17)18)12-4-5-14(20-2)15(10-12)21-3/h4-7,10,16H,8-9,11H2,1-3H3/t16-,17-/m0/s1/i16D. The number of ether oxygens (including phenoxy) is 2. The van der Waals surface area contributed by atoms with Crippen molar-refractivity contribution in [3.8, 4) is 11.5 Å². The average Bonchev–Trinajstić information content (AvgIpc) is 2.79. The highest BCUT2D eigenvalue weighted by molar-refractivity contribution is 5.92. The van der Waals surface area contributed by atoms with Crippen LogP contribution < -0.4 is 9.47 Å². The van der Waals surface area contributed by atoms with Gasteiger partial charge in [0.1, 0.15) is 0 Å². The van der Waals surface area contributed by atoms with Crippen LogP contribution >= 0.6 is 0 Å². The van der Waals surface area contributed by atoms with Crippen LogP contribution in [0.1, 0.15) is 19.8 Å². The molecule has 0 N–H and O–H groups in total. The van der Waals surface area contributed by atoms with Crippen LogP contribution in [0, 0.1) is 0 Å². The van der Waals surface area contributed by atoms with Gasteiger partial charge in [0.05, 0.1) is 14.2 Å². The van der Waals surface area contributed by atoms with Gasteiger partial charge in [0.2, 0.25) is 0 Å². The third-order valence-corrected chi connectivity index (χ3v) is 4.61. The van der Waals surface area contributed by atoms with E-state index in [-0.39, 0.29) is 12.2 Å². The van der Waals surface area contributed by atoms with Crippen molar-refractivity contribution in [1.29, 1.82) is 0 Å². The largest absolute Gasteiger partial charge is 0.493 e. The molecule has 3 rings (SSSR count). The van der Waals surface area contributed by atoms with E-state index in [9.17, 15) is 4.79 Å². The maximum absolute atomic E-state index is 11.9. The van der Waals surface area contributed by atoms with Gasteiger partial charge in [-0.1, -0.05) is 12.1 Å². The lowest BCUT2D eigenvalue weighted by molar-refractivity contribution is -0.116. The topological polar surface area (TPSA) is 38.8 Å². The average molecular weight is 288 g/mol. The summed E-state index contributed by atoms with van der Waals surface area (Å²) in [4.78, 5) is 13.9. The molecule has 4 heteroatoms. The SMILES string of the molecule is [2H][C@]12CC(=O)C=C[C@@]1(c1ccc(OC)c(OC)c1)CCN2C. The number of likely N-dealkylation sites (N-methyl/N-ethyl adjacent to an activating group) is 1. The number of hydrogen-bond acceptors (Lipinski definition) is 4. The molecule has 1 aromatic carbocycles. The van der Waals surface area contributed by atoms with E-state index in [0.717, 1.165) is 18.5 Å². The highest BCUT2D eigenvalue weighted by Crippen LogP contribution is 2.46. The molecule has 4 nitrogen and oxygen atoms in total. The number of likely N-dealkylation sites (tertiary alicyclic amines) is 1. The molecule has 1 aliphatic heterocycles. The Morgan fingerprint density at radius 1 is 1.33 bits per heavy atom. The molecule has 0 saturated carbocycles. The molecular formula is C17H21NO3. The molecule has 1 aliphatic carbocycles. The Morgan fingerprint density at radius 2 is 2.10 bits per heavy atom. The second-order valence-corrected chi connectivity index (χ2v) is 5.64. The molecule has 2 atom stereocenters. The van der Waals surface area contributed by atoms with Crippen molar-refractivity contribution in [3.63, 3.8) is 0 Å². The molecular weight excluding hydrogens is 266 g/mol. The Kier molecular flexibility index (Phi) is 3.19. The van der Waals surface area contributed by atoms with Crippen LogP contribution in [-0.4, -0.2) is 44.5 Å². The van der Waals surface area contributed by atoms with Crippen molar-refractivity contribution in [2.24, 2.45) is 0 Å². The predicted octanol–water partition coefficient (Wildman–Crippen LogP) is 2.17. The van der Waals surface area contributed by atoms with Crippen LogP contribution in [0.4, 0.5) is 0 Å². The van der Waals surface area contributed by atoms with Crippen LogP contribution in [0.5, 0.6) is 11.5 Å². The molecule has 1 fully saturated rings. The molecule has 2 aliphatic rings. The highest BCUT2D eigenvalue weighted by atomic mass is 16.5. The summed E-state index contributed by atoms with van der Waals surface area (Å²) in [5, 5.41) is 0. The van der Waals surface area contributed by atoms with Crippen molar-refractivity contribution < 1.29 is 15.6 Å². The van der Waals surface area contributed by atoms with Crippen molar-refractivity contribution in [1.82, 2.24) is 4.90 Å². The number of fused-ring (bicyclic) bond motifs is 1. The first kappa shape index (κ1) is 12.9. The van der Waals surface area contributed by atoms with Gasteiger partial charge in [-0.05, 0) is 43.8 Å². The molecule has 0 spiro atoms. The van der Waals surface area contributed by atoms with Crippen molar-refractivity contribution in [2.45, 2.75) is 24.3 Å². The van der Waals surface area contributed by atoms with E-state index in [2.05, 4.69) is 0 Å². The second kappa shape index (κ2) is 5.19. The smallest absolute Gasteiger partial charge is 0.161 e. The van der Waals surface area contributed by atoms with Gasteiger partial charge in [0.25, 0.3) is 0 Å². The predicted molar refractivity (Wildman–Crippen MR) is 81.0 cm³/mol. The van der Waals surface area contributed by atoms with Gasteiger partial charge in [0.15, 0.2) is 17.3 Å². The maximum atomic E-state index is 11.9. The van der Waals surface area contributed by atoms with Gasteiger partial charge in [-0.25, -0.2) is 0 Å². The Morgan fingerprint density at radius 3 is 2.81 bits per heavy atom. The minimum Gasteiger partial charge on any atom is -0.493 e. The molecule has 112 valence electrons. The van der Waals surface area contributed by atoms with Gasteiger partial charge in [-0.2, -0.15) is 0 Å². The summed E-state index contributed by atoms with van der Waals surface area (Å²) in [6, 6.07) is 4.83. The second-order valence-electron chi connectivity index (χ2n) is 5.64. The lowest BCUT2D eigenvalue weighted by atomic mass is 9.69. The first-order chi connectivity index (χ1) is 10.5.